The topological polar surface area (TPSA) is 66.6 Å². The summed E-state index contributed by atoms with van der Waals surface area (Å²) in [6.45, 7) is 4.94. The normalized spacial score (nSPS) is 12.6. The third kappa shape index (κ3) is 4.24. The van der Waals surface area contributed by atoms with Gasteiger partial charge in [-0.2, -0.15) is 0 Å². The highest BCUT2D eigenvalue weighted by Crippen LogP contribution is 1.98. The zero-order valence-electron chi connectivity index (χ0n) is 8.49. The standard InChI is InChI=1S/C9H20N2O2/c1-3-5-11(6-7-12)9(13)8(10)4-2/h8,12H,3-7,10H2,1-2H3/t8-/m1/s1. The number of carbonyl (C=O) groups is 1. The van der Waals surface area contributed by atoms with E-state index in [9.17, 15) is 4.79 Å². The number of nitrogens with two attached hydrogens (primary N) is 1. The first kappa shape index (κ1) is 12.4. The summed E-state index contributed by atoms with van der Waals surface area (Å²) >= 11 is 0. The minimum absolute atomic E-state index is 0.00216. The van der Waals surface area contributed by atoms with Gasteiger partial charge in [0.2, 0.25) is 5.91 Å². The van der Waals surface area contributed by atoms with Gasteiger partial charge in [0, 0.05) is 13.1 Å². The highest BCUT2D eigenvalue weighted by Gasteiger charge is 2.17. The van der Waals surface area contributed by atoms with Crippen LogP contribution in [0, 0.1) is 0 Å². The molecule has 4 heteroatoms. The summed E-state index contributed by atoms with van der Waals surface area (Å²) in [5, 5.41) is 8.73. The Morgan fingerprint density at radius 3 is 2.46 bits per heavy atom. The molecule has 0 aromatic carbocycles. The fraction of sp³-hybridized carbons (Fsp3) is 0.889. The molecule has 0 aliphatic carbocycles. The predicted molar refractivity (Wildman–Crippen MR) is 52.2 cm³/mol. The summed E-state index contributed by atoms with van der Waals surface area (Å²) in [5.41, 5.74) is 5.61. The molecule has 0 radical (unpaired) electrons. The fourth-order valence-corrected chi connectivity index (χ4v) is 1.13. The molecule has 78 valence electrons. The summed E-state index contributed by atoms with van der Waals surface area (Å²) in [5.74, 6) is -0.0570. The Morgan fingerprint density at radius 2 is 2.08 bits per heavy atom. The third-order valence-corrected chi connectivity index (χ3v) is 1.93. The lowest BCUT2D eigenvalue weighted by Crippen LogP contribution is -2.44. The Labute approximate surface area is 79.7 Å². The SMILES string of the molecule is CCCN(CCO)C(=O)[C@H](N)CC. The van der Waals surface area contributed by atoms with Crippen LogP contribution in [0.25, 0.3) is 0 Å². The highest BCUT2D eigenvalue weighted by atomic mass is 16.3. The van der Waals surface area contributed by atoms with Crippen LogP contribution in [0.4, 0.5) is 0 Å². The fourth-order valence-electron chi connectivity index (χ4n) is 1.13. The first-order chi connectivity index (χ1) is 6.17. The van der Waals surface area contributed by atoms with E-state index in [4.69, 9.17) is 10.8 Å². The molecule has 0 aromatic rings. The molecule has 0 saturated carbocycles. The second kappa shape index (κ2) is 6.86. The van der Waals surface area contributed by atoms with Crippen LogP contribution >= 0.6 is 0 Å². The van der Waals surface area contributed by atoms with Gasteiger partial charge in [0.05, 0.1) is 12.6 Å². The smallest absolute Gasteiger partial charge is 0.239 e. The lowest BCUT2D eigenvalue weighted by atomic mass is 10.2. The summed E-state index contributed by atoms with van der Waals surface area (Å²) in [6, 6.07) is -0.418. The molecule has 0 unspecified atom stereocenters. The van der Waals surface area contributed by atoms with Gasteiger partial charge >= 0.3 is 0 Å². The lowest BCUT2D eigenvalue weighted by molar-refractivity contribution is -0.133. The third-order valence-electron chi connectivity index (χ3n) is 1.93. The first-order valence-electron chi connectivity index (χ1n) is 4.82. The largest absolute Gasteiger partial charge is 0.395 e. The van der Waals surface area contributed by atoms with E-state index in [1.165, 1.54) is 0 Å². The summed E-state index contributed by atoms with van der Waals surface area (Å²) < 4.78 is 0. The molecule has 0 heterocycles. The van der Waals surface area contributed by atoms with Crippen LogP contribution in [0.2, 0.25) is 0 Å². The van der Waals surface area contributed by atoms with E-state index in [0.29, 0.717) is 19.5 Å². The van der Waals surface area contributed by atoms with E-state index in [1.54, 1.807) is 4.90 Å². The Kier molecular flexibility index (Phi) is 6.54. The van der Waals surface area contributed by atoms with E-state index in [1.807, 2.05) is 13.8 Å². The Hall–Kier alpha value is -0.610. The molecule has 4 nitrogen and oxygen atoms in total. The van der Waals surface area contributed by atoms with Gasteiger partial charge in [-0.3, -0.25) is 4.79 Å². The number of carbonyl (C=O) groups excluding carboxylic acids is 1. The first-order valence-corrected chi connectivity index (χ1v) is 4.82. The average molecular weight is 188 g/mol. The van der Waals surface area contributed by atoms with Crippen LogP contribution in [0.3, 0.4) is 0 Å². The van der Waals surface area contributed by atoms with Gasteiger partial charge in [0.25, 0.3) is 0 Å². The number of hydrogen-bond donors (Lipinski definition) is 2. The maximum atomic E-state index is 11.5. The molecule has 13 heavy (non-hydrogen) atoms. The second-order valence-corrected chi connectivity index (χ2v) is 3.06. The minimum atomic E-state index is -0.418. The number of aliphatic hydroxyl groups is 1. The van der Waals surface area contributed by atoms with Crippen LogP contribution in [0.15, 0.2) is 0 Å². The Bertz CT molecular complexity index is 145. The molecular weight excluding hydrogens is 168 g/mol. The molecule has 0 aromatic heterocycles. The zero-order valence-corrected chi connectivity index (χ0v) is 8.49. The van der Waals surface area contributed by atoms with Crippen molar-refractivity contribution in [1.29, 1.82) is 0 Å². The number of rotatable bonds is 6. The van der Waals surface area contributed by atoms with Gasteiger partial charge in [0.15, 0.2) is 0 Å². The maximum absolute atomic E-state index is 11.5. The molecule has 0 fully saturated rings. The van der Waals surface area contributed by atoms with Gasteiger partial charge in [-0.25, -0.2) is 0 Å². The average Bonchev–Trinajstić information content (AvgIpc) is 2.15. The molecule has 0 saturated heterocycles. The number of hydrogen-bond acceptors (Lipinski definition) is 3. The van der Waals surface area contributed by atoms with Crippen molar-refractivity contribution in [3.05, 3.63) is 0 Å². The van der Waals surface area contributed by atoms with Crippen molar-refractivity contribution in [2.45, 2.75) is 32.7 Å². The molecular formula is C9H20N2O2. The monoisotopic (exact) mass is 188 g/mol. The van der Waals surface area contributed by atoms with Gasteiger partial charge < -0.3 is 15.7 Å². The molecule has 3 N–H and O–H groups in total. The molecule has 0 rings (SSSR count). The van der Waals surface area contributed by atoms with Crippen LogP contribution in [-0.4, -0.2) is 41.7 Å². The predicted octanol–water partition coefficient (Wildman–Crippen LogP) is -0.0454. The van der Waals surface area contributed by atoms with E-state index >= 15 is 0 Å². The molecule has 0 bridgehead atoms. The van der Waals surface area contributed by atoms with Crippen LogP contribution in [0.5, 0.6) is 0 Å². The zero-order chi connectivity index (χ0) is 10.3. The van der Waals surface area contributed by atoms with Crippen LogP contribution in [-0.2, 0) is 4.79 Å². The van der Waals surface area contributed by atoms with Crippen LogP contribution in [0.1, 0.15) is 26.7 Å². The maximum Gasteiger partial charge on any atom is 0.239 e. The highest BCUT2D eigenvalue weighted by molar-refractivity contribution is 5.81. The second-order valence-electron chi connectivity index (χ2n) is 3.06. The molecule has 0 aliphatic heterocycles. The van der Waals surface area contributed by atoms with Crippen LogP contribution < -0.4 is 5.73 Å². The number of nitrogens with zero attached hydrogens (tertiary/aromatic N) is 1. The van der Waals surface area contributed by atoms with E-state index < -0.39 is 6.04 Å². The molecule has 1 amide bonds. The van der Waals surface area contributed by atoms with Crippen molar-refractivity contribution >= 4 is 5.91 Å². The van der Waals surface area contributed by atoms with Crippen molar-refractivity contribution in [2.75, 3.05) is 19.7 Å². The summed E-state index contributed by atoms with van der Waals surface area (Å²) in [7, 11) is 0. The van der Waals surface area contributed by atoms with Gasteiger partial charge in [-0.05, 0) is 12.8 Å². The minimum Gasteiger partial charge on any atom is -0.395 e. The molecule has 0 aliphatic rings. The van der Waals surface area contributed by atoms with Gasteiger partial charge in [-0.1, -0.05) is 13.8 Å². The van der Waals surface area contributed by atoms with Gasteiger partial charge in [0.1, 0.15) is 0 Å². The molecule has 1 atom stereocenters. The summed E-state index contributed by atoms with van der Waals surface area (Å²) in [6.07, 6.45) is 1.53. The van der Waals surface area contributed by atoms with E-state index in [2.05, 4.69) is 0 Å². The van der Waals surface area contributed by atoms with Crippen molar-refractivity contribution in [1.82, 2.24) is 4.90 Å². The van der Waals surface area contributed by atoms with E-state index in [-0.39, 0.29) is 12.5 Å². The van der Waals surface area contributed by atoms with Gasteiger partial charge in [-0.15, -0.1) is 0 Å². The molecule has 0 spiro atoms. The number of aliphatic hydroxyl groups excluding tert-OH is 1. The lowest BCUT2D eigenvalue weighted by Gasteiger charge is -2.23. The van der Waals surface area contributed by atoms with Crippen molar-refractivity contribution in [3.63, 3.8) is 0 Å². The number of amides is 1. The Balaban J connectivity index is 4.09. The van der Waals surface area contributed by atoms with Crippen molar-refractivity contribution in [3.8, 4) is 0 Å². The van der Waals surface area contributed by atoms with Crippen molar-refractivity contribution in [2.24, 2.45) is 5.73 Å². The summed E-state index contributed by atoms with van der Waals surface area (Å²) in [4.78, 5) is 13.2. The quantitative estimate of drug-likeness (QED) is 0.614. The van der Waals surface area contributed by atoms with Crippen molar-refractivity contribution < 1.29 is 9.90 Å². The Morgan fingerprint density at radius 1 is 1.46 bits per heavy atom. The van der Waals surface area contributed by atoms with E-state index in [0.717, 1.165) is 6.42 Å².